The molecule has 0 bridgehead atoms. The van der Waals surface area contributed by atoms with Crippen LogP contribution < -0.4 is 5.32 Å². The van der Waals surface area contributed by atoms with Crippen molar-refractivity contribution >= 4 is 11.7 Å². The number of rotatable bonds is 3. The van der Waals surface area contributed by atoms with E-state index in [4.69, 9.17) is 4.74 Å². The Kier molecular flexibility index (Phi) is 4.78. The number of aliphatic hydroxyl groups is 1. The number of ether oxygens (including phenoxy) is 1. The Labute approximate surface area is 141 Å². The van der Waals surface area contributed by atoms with Crippen LogP contribution in [0.5, 0.6) is 0 Å². The second-order valence-corrected chi connectivity index (χ2v) is 6.78. The Balaban J connectivity index is 1.61. The van der Waals surface area contributed by atoms with Crippen molar-refractivity contribution < 1.29 is 19.0 Å². The van der Waals surface area contributed by atoms with E-state index in [-0.39, 0.29) is 29.3 Å². The SMILES string of the molecule is CCO[C@H]1C[C@H](O)C12CCN(C(=O)Nc1c(C)cccc1F)CC2. The van der Waals surface area contributed by atoms with Crippen LogP contribution in [0.15, 0.2) is 18.2 Å². The number of benzene rings is 1. The van der Waals surface area contributed by atoms with Gasteiger partial charge in [0.05, 0.1) is 17.9 Å². The van der Waals surface area contributed by atoms with E-state index in [1.165, 1.54) is 6.07 Å². The zero-order valence-electron chi connectivity index (χ0n) is 14.2. The van der Waals surface area contributed by atoms with Gasteiger partial charge in [0, 0.05) is 31.5 Å². The van der Waals surface area contributed by atoms with E-state index >= 15 is 0 Å². The minimum absolute atomic E-state index is 0.0801. The van der Waals surface area contributed by atoms with Crippen LogP contribution in [-0.2, 0) is 4.74 Å². The second kappa shape index (κ2) is 6.69. The minimum Gasteiger partial charge on any atom is -0.392 e. The Morgan fingerprint density at radius 2 is 2.17 bits per heavy atom. The monoisotopic (exact) mass is 336 g/mol. The number of urea groups is 1. The molecule has 2 amide bonds. The first kappa shape index (κ1) is 17.2. The van der Waals surface area contributed by atoms with Gasteiger partial charge in [0.1, 0.15) is 5.82 Å². The second-order valence-electron chi connectivity index (χ2n) is 6.78. The molecular formula is C18H25FN2O3. The standard InChI is InChI=1S/C18H25FN2O3/c1-3-24-15-11-14(22)18(15)7-9-21(10-8-18)17(23)20-16-12(2)5-4-6-13(16)19/h4-6,14-15,22H,3,7-11H2,1-2H3,(H,20,23)/t14-,15-/m0/s1. The zero-order valence-corrected chi connectivity index (χ0v) is 14.2. The van der Waals surface area contributed by atoms with Crippen LogP contribution in [0, 0.1) is 18.2 Å². The lowest BCUT2D eigenvalue weighted by molar-refractivity contribution is -0.207. The molecule has 2 fully saturated rings. The average molecular weight is 336 g/mol. The predicted octanol–water partition coefficient (Wildman–Crippen LogP) is 2.92. The third-order valence-electron chi connectivity index (χ3n) is 5.55. The Hall–Kier alpha value is -1.66. The summed E-state index contributed by atoms with van der Waals surface area (Å²) in [7, 11) is 0. The van der Waals surface area contributed by atoms with Crippen molar-refractivity contribution in [1.29, 1.82) is 0 Å². The van der Waals surface area contributed by atoms with Gasteiger partial charge in [-0.3, -0.25) is 0 Å². The fourth-order valence-corrected chi connectivity index (χ4v) is 3.92. The van der Waals surface area contributed by atoms with Crippen molar-refractivity contribution in [2.75, 3.05) is 25.0 Å². The molecule has 6 heteroatoms. The minimum atomic E-state index is -0.428. The molecule has 1 heterocycles. The maximum Gasteiger partial charge on any atom is 0.321 e. The maximum absolute atomic E-state index is 13.9. The number of likely N-dealkylation sites (tertiary alicyclic amines) is 1. The molecular weight excluding hydrogens is 311 g/mol. The summed E-state index contributed by atoms with van der Waals surface area (Å²) < 4.78 is 19.6. The van der Waals surface area contributed by atoms with Crippen LogP contribution >= 0.6 is 0 Å². The first-order valence-electron chi connectivity index (χ1n) is 8.58. The highest BCUT2D eigenvalue weighted by atomic mass is 19.1. The number of aryl methyl sites for hydroxylation is 1. The number of hydrogen-bond donors (Lipinski definition) is 2. The molecule has 1 aliphatic heterocycles. The molecule has 132 valence electrons. The summed E-state index contributed by atoms with van der Waals surface area (Å²) in [6, 6.07) is 4.43. The first-order chi connectivity index (χ1) is 11.5. The van der Waals surface area contributed by atoms with Gasteiger partial charge in [-0.15, -0.1) is 0 Å². The fraction of sp³-hybridized carbons (Fsp3) is 0.611. The number of halogens is 1. The van der Waals surface area contributed by atoms with E-state index in [9.17, 15) is 14.3 Å². The molecule has 2 atom stereocenters. The van der Waals surface area contributed by atoms with E-state index in [2.05, 4.69) is 5.32 Å². The van der Waals surface area contributed by atoms with Crippen LogP contribution in [0.1, 0.15) is 31.7 Å². The molecule has 1 aliphatic carbocycles. The Morgan fingerprint density at radius 1 is 1.46 bits per heavy atom. The smallest absolute Gasteiger partial charge is 0.321 e. The van der Waals surface area contributed by atoms with E-state index in [0.717, 1.165) is 0 Å². The third kappa shape index (κ3) is 2.89. The number of hydrogen-bond acceptors (Lipinski definition) is 3. The van der Waals surface area contributed by atoms with Crippen molar-refractivity contribution in [2.45, 2.75) is 45.3 Å². The summed E-state index contributed by atoms with van der Waals surface area (Å²) in [4.78, 5) is 14.1. The molecule has 1 aromatic carbocycles. The van der Waals surface area contributed by atoms with Crippen molar-refractivity contribution in [2.24, 2.45) is 5.41 Å². The average Bonchev–Trinajstić information content (AvgIpc) is 2.58. The number of anilines is 1. The molecule has 5 nitrogen and oxygen atoms in total. The zero-order chi connectivity index (χ0) is 17.3. The Morgan fingerprint density at radius 3 is 2.75 bits per heavy atom. The van der Waals surface area contributed by atoms with Gasteiger partial charge in [-0.1, -0.05) is 12.1 Å². The van der Waals surface area contributed by atoms with Crippen LogP contribution in [0.4, 0.5) is 14.9 Å². The summed E-state index contributed by atoms with van der Waals surface area (Å²) in [5.41, 5.74) is 0.710. The summed E-state index contributed by atoms with van der Waals surface area (Å²) in [5, 5.41) is 12.9. The molecule has 1 aromatic rings. The van der Waals surface area contributed by atoms with E-state index in [0.29, 0.717) is 44.5 Å². The van der Waals surface area contributed by atoms with E-state index < -0.39 is 5.82 Å². The van der Waals surface area contributed by atoms with Gasteiger partial charge in [-0.05, 0) is 38.3 Å². The highest BCUT2D eigenvalue weighted by Crippen LogP contribution is 2.50. The fourth-order valence-electron chi connectivity index (χ4n) is 3.92. The molecule has 1 saturated heterocycles. The number of piperidine rings is 1. The van der Waals surface area contributed by atoms with Crippen LogP contribution in [0.2, 0.25) is 0 Å². The van der Waals surface area contributed by atoms with Crippen LogP contribution in [-0.4, -0.2) is 47.9 Å². The molecule has 1 spiro atoms. The largest absolute Gasteiger partial charge is 0.392 e. The summed E-state index contributed by atoms with van der Waals surface area (Å²) >= 11 is 0. The number of amides is 2. The normalized spacial score (nSPS) is 25.4. The lowest BCUT2D eigenvalue weighted by atomic mass is 9.58. The molecule has 3 rings (SSSR count). The van der Waals surface area contributed by atoms with Crippen molar-refractivity contribution in [3.05, 3.63) is 29.6 Å². The molecule has 0 aromatic heterocycles. The lowest BCUT2D eigenvalue weighted by Crippen LogP contribution is -2.63. The van der Waals surface area contributed by atoms with Crippen molar-refractivity contribution in [3.8, 4) is 0 Å². The summed E-state index contributed by atoms with van der Waals surface area (Å²) in [6.45, 7) is 5.44. The van der Waals surface area contributed by atoms with Crippen LogP contribution in [0.3, 0.4) is 0 Å². The van der Waals surface area contributed by atoms with Crippen molar-refractivity contribution in [1.82, 2.24) is 4.90 Å². The number of aliphatic hydroxyl groups excluding tert-OH is 1. The quantitative estimate of drug-likeness (QED) is 0.892. The molecule has 1 saturated carbocycles. The van der Waals surface area contributed by atoms with Gasteiger partial charge >= 0.3 is 6.03 Å². The molecule has 24 heavy (non-hydrogen) atoms. The number of nitrogens with zero attached hydrogens (tertiary/aromatic N) is 1. The number of carbonyl (C=O) groups excluding carboxylic acids is 1. The summed E-state index contributed by atoms with van der Waals surface area (Å²) in [6.07, 6.45) is 1.82. The maximum atomic E-state index is 13.9. The molecule has 2 N–H and O–H groups in total. The number of para-hydroxylation sites is 1. The highest BCUT2D eigenvalue weighted by Gasteiger charge is 2.56. The predicted molar refractivity (Wildman–Crippen MR) is 89.4 cm³/mol. The van der Waals surface area contributed by atoms with Gasteiger partial charge in [-0.2, -0.15) is 0 Å². The first-order valence-corrected chi connectivity index (χ1v) is 8.58. The topological polar surface area (TPSA) is 61.8 Å². The Bertz CT molecular complexity index is 592. The van der Waals surface area contributed by atoms with E-state index in [1.807, 2.05) is 6.92 Å². The molecule has 2 aliphatic rings. The lowest BCUT2D eigenvalue weighted by Gasteiger charge is -2.56. The van der Waals surface area contributed by atoms with Gasteiger partial charge in [0.25, 0.3) is 0 Å². The van der Waals surface area contributed by atoms with Gasteiger partial charge in [0.15, 0.2) is 0 Å². The van der Waals surface area contributed by atoms with Gasteiger partial charge in [-0.25, -0.2) is 9.18 Å². The summed E-state index contributed by atoms with van der Waals surface area (Å²) in [5.74, 6) is -0.428. The van der Waals surface area contributed by atoms with Crippen LogP contribution in [0.25, 0.3) is 0 Å². The van der Waals surface area contributed by atoms with Gasteiger partial charge in [0.2, 0.25) is 0 Å². The molecule has 0 unspecified atom stereocenters. The molecule has 0 radical (unpaired) electrons. The highest BCUT2D eigenvalue weighted by molar-refractivity contribution is 5.90. The third-order valence-corrected chi connectivity index (χ3v) is 5.55. The van der Waals surface area contributed by atoms with Gasteiger partial charge < -0.3 is 20.1 Å². The number of carbonyl (C=O) groups is 1. The number of nitrogens with one attached hydrogen (secondary N) is 1. The van der Waals surface area contributed by atoms with Crippen molar-refractivity contribution in [3.63, 3.8) is 0 Å². The van der Waals surface area contributed by atoms with E-state index in [1.54, 1.807) is 24.0 Å².